The molecule has 0 aliphatic heterocycles. The molecule has 0 atom stereocenters. The Labute approximate surface area is 132 Å². The van der Waals surface area contributed by atoms with Crippen molar-refractivity contribution in [2.45, 2.75) is 26.3 Å². The van der Waals surface area contributed by atoms with Crippen LogP contribution in [0.25, 0.3) is 5.69 Å². The second-order valence-corrected chi connectivity index (χ2v) is 5.37. The van der Waals surface area contributed by atoms with Crippen LogP contribution in [0.3, 0.4) is 0 Å². The normalized spacial score (nSPS) is 11.0. The van der Waals surface area contributed by atoms with Gasteiger partial charge in [-0.25, -0.2) is 19.0 Å². The molecule has 0 unspecified atom stereocenters. The van der Waals surface area contributed by atoms with Gasteiger partial charge in [-0.2, -0.15) is 5.10 Å². The van der Waals surface area contributed by atoms with Crippen molar-refractivity contribution in [1.29, 1.82) is 0 Å². The fraction of sp³-hybridized carbons (Fsp3) is 0.267. The van der Waals surface area contributed by atoms with E-state index in [0.29, 0.717) is 5.69 Å². The third-order valence-corrected chi connectivity index (χ3v) is 3.78. The van der Waals surface area contributed by atoms with Crippen molar-refractivity contribution in [3.8, 4) is 5.69 Å². The number of rotatable bonds is 5. The summed E-state index contributed by atoms with van der Waals surface area (Å²) in [5, 5.41) is 4.27. The molecule has 7 heteroatoms. The molecule has 22 heavy (non-hydrogen) atoms. The Kier molecular flexibility index (Phi) is 4.20. The third-order valence-electron chi connectivity index (χ3n) is 3.49. The highest BCUT2D eigenvalue weighted by molar-refractivity contribution is 6.30. The molecule has 2 heterocycles. The van der Waals surface area contributed by atoms with Crippen LogP contribution < -0.4 is 0 Å². The lowest BCUT2D eigenvalue weighted by molar-refractivity contribution is 0.605. The highest BCUT2D eigenvalue weighted by Gasteiger charge is 2.09. The molecular formula is C15H15ClFN5. The smallest absolute Gasteiger partial charge is 0.141 e. The number of aryl methyl sites for hydroxylation is 3. The zero-order chi connectivity index (χ0) is 15.5. The number of hydrogen-bond acceptors (Lipinski definition) is 3. The number of halogens is 2. The highest BCUT2D eigenvalue weighted by Crippen LogP contribution is 2.19. The molecule has 2 aromatic heterocycles. The minimum absolute atomic E-state index is 0.0768. The van der Waals surface area contributed by atoms with Crippen molar-refractivity contribution in [3.63, 3.8) is 0 Å². The van der Waals surface area contributed by atoms with E-state index in [-0.39, 0.29) is 5.02 Å². The summed E-state index contributed by atoms with van der Waals surface area (Å²) in [6.07, 6.45) is 6.91. The van der Waals surface area contributed by atoms with Gasteiger partial charge in [0.05, 0.1) is 10.7 Å². The molecule has 0 saturated heterocycles. The van der Waals surface area contributed by atoms with E-state index in [1.54, 1.807) is 23.0 Å². The Bertz CT molecular complexity index is 780. The summed E-state index contributed by atoms with van der Waals surface area (Å²) < 4.78 is 17.0. The molecule has 5 nitrogen and oxygen atoms in total. The van der Waals surface area contributed by atoms with Gasteiger partial charge < -0.3 is 4.57 Å². The Balaban J connectivity index is 1.72. The second-order valence-electron chi connectivity index (χ2n) is 4.96. The fourth-order valence-electron chi connectivity index (χ4n) is 2.32. The average Bonchev–Trinajstić information content (AvgIpc) is 3.12. The summed E-state index contributed by atoms with van der Waals surface area (Å²) in [6, 6.07) is 4.52. The first-order valence-electron chi connectivity index (χ1n) is 6.97. The van der Waals surface area contributed by atoms with Crippen molar-refractivity contribution < 1.29 is 4.39 Å². The van der Waals surface area contributed by atoms with Gasteiger partial charge in [-0.3, -0.25) is 0 Å². The van der Waals surface area contributed by atoms with Gasteiger partial charge in [-0.05, 0) is 31.5 Å². The van der Waals surface area contributed by atoms with Gasteiger partial charge in [-0.15, -0.1) is 0 Å². The van der Waals surface area contributed by atoms with E-state index in [2.05, 4.69) is 19.6 Å². The summed E-state index contributed by atoms with van der Waals surface area (Å²) in [4.78, 5) is 8.47. The van der Waals surface area contributed by atoms with Crippen LogP contribution in [0, 0.1) is 12.7 Å². The predicted octanol–water partition coefficient (Wildman–Crippen LogP) is 3.20. The number of aromatic nitrogens is 5. The Morgan fingerprint density at radius 1 is 1.27 bits per heavy atom. The van der Waals surface area contributed by atoms with Crippen molar-refractivity contribution >= 4 is 11.6 Å². The molecule has 0 spiro atoms. The molecule has 0 aliphatic rings. The van der Waals surface area contributed by atoms with Gasteiger partial charge in [0.25, 0.3) is 0 Å². The second kappa shape index (κ2) is 6.27. The van der Waals surface area contributed by atoms with Crippen LogP contribution in [0.1, 0.15) is 18.1 Å². The van der Waals surface area contributed by atoms with E-state index >= 15 is 0 Å². The van der Waals surface area contributed by atoms with Gasteiger partial charge in [0, 0.05) is 25.4 Å². The molecule has 0 N–H and O–H groups in total. The number of hydrogen-bond donors (Lipinski definition) is 0. The van der Waals surface area contributed by atoms with Crippen molar-refractivity contribution in [2.75, 3.05) is 0 Å². The van der Waals surface area contributed by atoms with Crippen LogP contribution in [0.15, 0.2) is 36.9 Å². The highest BCUT2D eigenvalue weighted by atomic mass is 35.5. The summed E-state index contributed by atoms with van der Waals surface area (Å²) in [7, 11) is 0. The molecule has 0 radical (unpaired) electrons. The van der Waals surface area contributed by atoms with Crippen LogP contribution >= 0.6 is 11.6 Å². The molecule has 1 aromatic carbocycles. The van der Waals surface area contributed by atoms with E-state index in [1.807, 2.05) is 13.1 Å². The van der Waals surface area contributed by atoms with Gasteiger partial charge in [0.1, 0.15) is 23.8 Å². The lowest BCUT2D eigenvalue weighted by Crippen LogP contribution is -2.06. The summed E-state index contributed by atoms with van der Waals surface area (Å²) in [5.74, 6) is 1.37. The Morgan fingerprint density at radius 3 is 2.86 bits per heavy atom. The van der Waals surface area contributed by atoms with Gasteiger partial charge in [-0.1, -0.05) is 11.6 Å². The summed E-state index contributed by atoms with van der Waals surface area (Å²) >= 11 is 5.83. The van der Waals surface area contributed by atoms with E-state index in [0.717, 1.165) is 31.0 Å². The lowest BCUT2D eigenvalue weighted by Gasteiger charge is -2.08. The van der Waals surface area contributed by atoms with Crippen LogP contribution in [0.2, 0.25) is 5.02 Å². The topological polar surface area (TPSA) is 48.5 Å². The first kappa shape index (κ1) is 14.7. The zero-order valence-electron chi connectivity index (χ0n) is 12.1. The average molecular weight is 320 g/mol. The molecule has 0 fully saturated rings. The third kappa shape index (κ3) is 3.01. The van der Waals surface area contributed by atoms with E-state index in [9.17, 15) is 4.39 Å². The van der Waals surface area contributed by atoms with Crippen LogP contribution in [0.5, 0.6) is 0 Å². The number of nitrogens with zero attached hydrogens (tertiary/aromatic N) is 5. The molecule has 114 valence electrons. The van der Waals surface area contributed by atoms with E-state index in [1.165, 1.54) is 12.4 Å². The predicted molar refractivity (Wildman–Crippen MR) is 81.6 cm³/mol. The SMILES string of the molecule is Cc1nccn1CCCc1ncnn1-c1ccc(F)c(Cl)c1. The molecular weight excluding hydrogens is 305 g/mol. The molecule has 0 bridgehead atoms. The maximum atomic E-state index is 13.3. The lowest BCUT2D eigenvalue weighted by atomic mass is 10.2. The first-order valence-corrected chi connectivity index (χ1v) is 7.35. The Hall–Kier alpha value is -2.21. The minimum Gasteiger partial charge on any atom is -0.335 e. The molecule has 3 aromatic rings. The number of imidazole rings is 1. The van der Waals surface area contributed by atoms with Crippen LogP contribution in [-0.4, -0.2) is 24.3 Å². The Morgan fingerprint density at radius 2 is 2.14 bits per heavy atom. The monoisotopic (exact) mass is 319 g/mol. The van der Waals surface area contributed by atoms with Gasteiger partial charge >= 0.3 is 0 Å². The van der Waals surface area contributed by atoms with E-state index < -0.39 is 5.82 Å². The van der Waals surface area contributed by atoms with E-state index in [4.69, 9.17) is 11.6 Å². The summed E-state index contributed by atoms with van der Waals surface area (Å²) in [6.45, 7) is 2.84. The quantitative estimate of drug-likeness (QED) is 0.725. The maximum absolute atomic E-state index is 13.3. The standard InChI is InChI=1S/C15H15ClFN5/c1-11-18-6-8-21(11)7-2-3-15-19-10-20-22(15)12-4-5-14(17)13(16)9-12/h4-6,8-10H,2-3,7H2,1H3. The largest absolute Gasteiger partial charge is 0.335 e. The van der Waals surface area contributed by atoms with Crippen molar-refractivity contribution in [3.05, 3.63) is 59.4 Å². The fourth-order valence-corrected chi connectivity index (χ4v) is 2.49. The molecule has 0 saturated carbocycles. The minimum atomic E-state index is -0.442. The maximum Gasteiger partial charge on any atom is 0.141 e. The molecule has 0 aliphatic carbocycles. The van der Waals surface area contributed by atoms with Gasteiger partial charge in [0.2, 0.25) is 0 Å². The zero-order valence-corrected chi connectivity index (χ0v) is 12.8. The van der Waals surface area contributed by atoms with Crippen LogP contribution in [-0.2, 0) is 13.0 Å². The number of benzene rings is 1. The summed E-state index contributed by atoms with van der Waals surface area (Å²) in [5.41, 5.74) is 0.706. The van der Waals surface area contributed by atoms with Crippen molar-refractivity contribution in [1.82, 2.24) is 24.3 Å². The molecule has 3 rings (SSSR count). The first-order chi connectivity index (χ1) is 10.6. The van der Waals surface area contributed by atoms with Gasteiger partial charge in [0.15, 0.2) is 0 Å². The molecule has 0 amide bonds. The van der Waals surface area contributed by atoms with Crippen molar-refractivity contribution in [2.24, 2.45) is 0 Å². The van der Waals surface area contributed by atoms with Crippen LogP contribution in [0.4, 0.5) is 4.39 Å².